The summed E-state index contributed by atoms with van der Waals surface area (Å²) in [6.07, 6.45) is 2.59. The zero-order valence-electron chi connectivity index (χ0n) is 15.4. The fourth-order valence-electron chi connectivity index (χ4n) is 2.94. The van der Waals surface area contributed by atoms with E-state index in [1.807, 2.05) is 13.8 Å². The van der Waals surface area contributed by atoms with Crippen LogP contribution in [-0.4, -0.2) is 48.6 Å². The van der Waals surface area contributed by atoms with E-state index >= 15 is 0 Å². The molecular weight excluding hydrogens is 417 g/mol. The third-order valence-electron chi connectivity index (χ3n) is 4.40. The minimum atomic E-state index is 0. The Morgan fingerprint density at radius 3 is 2.75 bits per heavy atom. The predicted octanol–water partition coefficient (Wildman–Crippen LogP) is 2.70. The zero-order chi connectivity index (χ0) is 16.7. The second-order valence-electron chi connectivity index (χ2n) is 6.23. The maximum Gasteiger partial charge on any atom is 0.216 e. The van der Waals surface area contributed by atoms with Gasteiger partial charge in [0.05, 0.1) is 5.69 Å². The second-order valence-corrected chi connectivity index (χ2v) is 6.23. The van der Waals surface area contributed by atoms with Crippen molar-refractivity contribution in [1.82, 2.24) is 20.5 Å². The number of nitrogens with zero attached hydrogens (tertiary/aromatic N) is 3. The molecule has 0 saturated carbocycles. The molecule has 0 aromatic carbocycles. The minimum absolute atomic E-state index is 0. The van der Waals surface area contributed by atoms with Crippen LogP contribution in [0.15, 0.2) is 9.41 Å². The maximum absolute atomic E-state index is 5.59. The fraction of sp³-hybridized carbons (Fsp3) is 0.765. The Kier molecular flexibility index (Phi) is 9.65. The normalized spacial score (nSPS) is 19.0. The summed E-state index contributed by atoms with van der Waals surface area (Å²) < 4.78 is 5.59. The van der Waals surface area contributed by atoms with E-state index in [-0.39, 0.29) is 24.0 Å². The molecule has 7 heteroatoms. The highest BCUT2D eigenvalue weighted by atomic mass is 127. The number of piperidine rings is 1. The van der Waals surface area contributed by atoms with Crippen molar-refractivity contribution in [3.8, 4) is 0 Å². The lowest BCUT2D eigenvalue weighted by Gasteiger charge is -2.32. The van der Waals surface area contributed by atoms with Crippen LogP contribution < -0.4 is 10.6 Å². The quantitative estimate of drug-likeness (QED) is 0.397. The van der Waals surface area contributed by atoms with E-state index in [0.29, 0.717) is 18.4 Å². The number of nitrogens with one attached hydrogen (secondary N) is 2. The lowest BCUT2D eigenvalue weighted by Crippen LogP contribution is -2.44. The Morgan fingerprint density at radius 2 is 2.12 bits per heavy atom. The average molecular weight is 449 g/mol. The number of aliphatic imine (C=N–C) groups is 1. The van der Waals surface area contributed by atoms with Gasteiger partial charge in [0.2, 0.25) is 5.89 Å². The van der Waals surface area contributed by atoms with E-state index in [0.717, 1.165) is 37.0 Å². The summed E-state index contributed by atoms with van der Waals surface area (Å²) in [5.74, 6) is 3.08. The summed E-state index contributed by atoms with van der Waals surface area (Å²) in [7, 11) is 0. The van der Waals surface area contributed by atoms with Gasteiger partial charge in [-0.25, -0.2) is 9.98 Å². The molecule has 1 fully saturated rings. The molecule has 1 saturated heterocycles. The fourth-order valence-corrected chi connectivity index (χ4v) is 2.94. The molecule has 1 atom stereocenters. The van der Waals surface area contributed by atoms with E-state index < -0.39 is 0 Å². The highest BCUT2D eigenvalue weighted by Gasteiger charge is 2.18. The molecule has 1 aliphatic rings. The molecule has 1 aromatic rings. The maximum atomic E-state index is 5.59. The molecule has 138 valence electrons. The Labute approximate surface area is 162 Å². The molecule has 0 aliphatic carbocycles. The average Bonchev–Trinajstić information content (AvgIpc) is 2.88. The third-order valence-corrected chi connectivity index (χ3v) is 4.40. The van der Waals surface area contributed by atoms with Crippen LogP contribution in [0.5, 0.6) is 0 Å². The Morgan fingerprint density at radius 1 is 1.33 bits per heavy atom. The number of aryl methyl sites for hydroxylation is 2. The van der Waals surface area contributed by atoms with E-state index in [1.54, 1.807) is 0 Å². The van der Waals surface area contributed by atoms with Crippen molar-refractivity contribution >= 4 is 29.9 Å². The first-order valence-corrected chi connectivity index (χ1v) is 8.79. The lowest BCUT2D eigenvalue weighted by molar-refractivity contribution is 0.183. The van der Waals surface area contributed by atoms with Crippen molar-refractivity contribution in [3.63, 3.8) is 0 Å². The van der Waals surface area contributed by atoms with Crippen LogP contribution in [-0.2, 0) is 6.54 Å². The first-order valence-electron chi connectivity index (χ1n) is 8.79. The summed E-state index contributed by atoms with van der Waals surface area (Å²) >= 11 is 0. The highest BCUT2D eigenvalue weighted by molar-refractivity contribution is 14.0. The van der Waals surface area contributed by atoms with Crippen LogP contribution in [0.3, 0.4) is 0 Å². The highest BCUT2D eigenvalue weighted by Crippen LogP contribution is 2.15. The van der Waals surface area contributed by atoms with E-state index in [9.17, 15) is 0 Å². The molecule has 0 bridgehead atoms. The molecule has 2 N–H and O–H groups in total. The summed E-state index contributed by atoms with van der Waals surface area (Å²) in [6, 6.07) is 0. The van der Waals surface area contributed by atoms with Crippen molar-refractivity contribution in [2.45, 2.75) is 47.1 Å². The molecule has 2 rings (SSSR count). The number of hydrogen-bond donors (Lipinski definition) is 2. The molecule has 6 nitrogen and oxygen atoms in total. The molecular formula is C17H32IN5O. The topological polar surface area (TPSA) is 65.7 Å². The van der Waals surface area contributed by atoms with Crippen molar-refractivity contribution in [2.24, 2.45) is 10.9 Å². The van der Waals surface area contributed by atoms with Crippen LogP contribution in [0.1, 0.15) is 44.0 Å². The van der Waals surface area contributed by atoms with Gasteiger partial charge in [0, 0.05) is 19.6 Å². The van der Waals surface area contributed by atoms with Crippen LogP contribution in [0.4, 0.5) is 0 Å². The van der Waals surface area contributed by atoms with Gasteiger partial charge in [0.15, 0.2) is 5.96 Å². The Balaban J connectivity index is 0.00000288. The number of hydrogen-bond acceptors (Lipinski definition) is 4. The van der Waals surface area contributed by atoms with E-state index in [4.69, 9.17) is 4.42 Å². The predicted molar refractivity (Wildman–Crippen MR) is 109 cm³/mol. The monoisotopic (exact) mass is 449 g/mol. The first kappa shape index (κ1) is 21.2. The Hall–Kier alpha value is -0.830. The van der Waals surface area contributed by atoms with Gasteiger partial charge in [0.25, 0.3) is 0 Å². The van der Waals surface area contributed by atoms with Gasteiger partial charge in [-0.15, -0.1) is 24.0 Å². The molecule has 2 heterocycles. The van der Waals surface area contributed by atoms with Crippen molar-refractivity contribution in [3.05, 3.63) is 17.3 Å². The number of likely N-dealkylation sites (tertiary alicyclic amines) is 1. The van der Waals surface area contributed by atoms with Crippen molar-refractivity contribution in [2.75, 3.05) is 32.7 Å². The summed E-state index contributed by atoms with van der Waals surface area (Å²) in [5.41, 5.74) is 0.940. The molecule has 0 amide bonds. The van der Waals surface area contributed by atoms with Crippen LogP contribution >= 0.6 is 24.0 Å². The molecule has 0 spiro atoms. The van der Waals surface area contributed by atoms with Crippen LogP contribution in [0, 0.1) is 19.8 Å². The number of halogens is 1. The van der Waals surface area contributed by atoms with Gasteiger partial charge >= 0.3 is 0 Å². The second kappa shape index (κ2) is 10.9. The van der Waals surface area contributed by atoms with E-state index in [2.05, 4.69) is 39.4 Å². The number of guanidine groups is 1. The Bertz CT molecular complexity index is 498. The van der Waals surface area contributed by atoms with Crippen molar-refractivity contribution < 1.29 is 4.42 Å². The standard InChI is InChI=1S/C17H31N5O.HI/c1-5-18-17(20-11-16-21-13(3)14(4)23-16)19-10-15-8-7-9-22(6-2)12-15;/h15H,5-12H2,1-4H3,(H2,18,19,20);1H. The van der Waals surface area contributed by atoms with Gasteiger partial charge in [-0.3, -0.25) is 0 Å². The van der Waals surface area contributed by atoms with Crippen LogP contribution in [0.2, 0.25) is 0 Å². The van der Waals surface area contributed by atoms with Gasteiger partial charge in [-0.2, -0.15) is 0 Å². The minimum Gasteiger partial charge on any atom is -0.444 e. The number of rotatable bonds is 6. The van der Waals surface area contributed by atoms with Gasteiger partial charge in [0.1, 0.15) is 12.3 Å². The van der Waals surface area contributed by atoms with Gasteiger partial charge < -0.3 is 20.0 Å². The molecule has 0 radical (unpaired) electrons. The van der Waals surface area contributed by atoms with Crippen molar-refractivity contribution in [1.29, 1.82) is 0 Å². The van der Waals surface area contributed by atoms with Gasteiger partial charge in [-0.1, -0.05) is 6.92 Å². The molecule has 1 aliphatic heterocycles. The zero-order valence-corrected chi connectivity index (χ0v) is 17.7. The van der Waals surface area contributed by atoms with Gasteiger partial charge in [-0.05, 0) is 52.6 Å². The SMILES string of the molecule is CCNC(=NCc1nc(C)c(C)o1)NCC1CCCN(CC)C1.I. The largest absolute Gasteiger partial charge is 0.444 e. The third kappa shape index (κ3) is 6.58. The smallest absolute Gasteiger partial charge is 0.216 e. The summed E-state index contributed by atoms with van der Waals surface area (Å²) in [4.78, 5) is 11.5. The molecule has 24 heavy (non-hydrogen) atoms. The first-order chi connectivity index (χ1) is 11.1. The number of oxazole rings is 1. The molecule has 1 unspecified atom stereocenters. The lowest BCUT2D eigenvalue weighted by atomic mass is 9.98. The summed E-state index contributed by atoms with van der Waals surface area (Å²) in [6.45, 7) is 14.1. The summed E-state index contributed by atoms with van der Waals surface area (Å²) in [5, 5.41) is 6.76. The molecule has 1 aromatic heterocycles. The van der Waals surface area contributed by atoms with E-state index in [1.165, 1.54) is 25.9 Å². The number of aromatic nitrogens is 1. The van der Waals surface area contributed by atoms with Crippen LogP contribution in [0.25, 0.3) is 0 Å².